The summed E-state index contributed by atoms with van der Waals surface area (Å²) >= 11 is 7.74. The van der Waals surface area contributed by atoms with Gasteiger partial charge in [-0.1, -0.05) is 34.2 Å². The molecule has 0 saturated carbocycles. The number of ether oxygens (including phenoxy) is 1. The van der Waals surface area contributed by atoms with E-state index in [1.807, 2.05) is 22.6 Å². The number of aromatic hydroxyl groups is 1. The van der Waals surface area contributed by atoms with Crippen LogP contribution in [-0.2, 0) is 4.74 Å². The molecule has 5 nitrogen and oxygen atoms in total. The lowest BCUT2D eigenvalue weighted by Crippen LogP contribution is -2.42. The summed E-state index contributed by atoms with van der Waals surface area (Å²) in [4.78, 5) is 23.5. The first-order valence-electron chi connectivity index (χ1n) is 5.51. The molecule has 1 unspecified atom stereocenters. The molecule has 0 aromatic heterocycles. The number of halogens is 2. The minimum atomic E-state index is -0.694. The van der Waals surface area contributed by atoms with Crippen molar-refractivity contribution in [2.75, 3.05) is 11.0 Å². The molecule has 1 amide bonds. The van der Waals surface area contributed by atoms with E-state index in [0.717, 1.165) is 0 Å². The number of hydrogen-bond acceptors (Lipinski definition) is 4. The maximum atomic E-state index is 12.2. The smallest absolute Gasteiger partial charge is 0.407 e. The van der Waals surface area contributed by atoms with Gasteiger partial charge >= 0.3 is 6.09 Å². The number of phenols is 1. The van der Waals surface area contributed by atoms with E-state index in [9.17, 15) is 14.7 Å². The van der Waals surface area contributed by atoms with E-state index in [4.69, 9.17) is 16.3 Å². The van der Waals surface area contributed by atoms with Gasteiger partial charge in [0.2, 0.25) is 0 Å². The number of ketones is 1. The van der Waals surface area contributed by atoms with Crippen LogP contribution < -0.4 is 5.32 Å². The molecule has 0 bridgehead atoms. The van der Waals surface area contributed by atoms with Gasteiger partial charge in [-0.2, -0.15) is 0 Å². The molecule has 1 rings (SSSR count). The molecular formula is C12H13ClINO4. The number of alkyl carbamates (subject to hydrolysis) is 1. The van der Waals surface area contributed by atoms with Crippen LogP contribution in [0, 0.1) is 0 Å². The molecule has 104 valence electrons. The first-order chi connectivity index (χ1) is 8.99. The highest BCUT2D eigenvalue weighted by molar-refractivity contribution is 14.1. The summed E-state index contributed by atoms with van der Waals surface area (Å²) in [5.41, 5.74) is 0.321. The van der Waals surface area contributed by atoms with E-state index in [0.29, 0.717) is 9.99 Å². The van der Waals surface area contributed by atoms with Gasteiger partial charge in [0.25, 0.3) is 0 Å². The third-order valence-electron chi connectivity index (χ3n) is 2.27. The normalized spacial score (nSPS) is 11.7. The number of amides is 1. The van der Waals surface area contributed by atoms with Crippen molar-refractivity contribution in [2.24, 2.45) is 0 Å². The molecule has 2 N–H and O–H groups in total. The minimum Gasteiger partial charge on any atom is -0.506 e. The topological polar surface area (TPSA) is 75.6 Å². The molecule has 1 atom stereocenters. The Labute approximate surface area is 129 Å². The Bertz CT molecular complexity index is 481. The van der Waals surface area contributed by atoms with Gasteiger partial charge in [-0.3, -0.25) is 4.79 Å². The summed E-state index contributed by atoms with van der Waals surface area (Å²) in [7, 11) is 0. The molecule has 0 aliphatic rings. The van der Waals surface area contributed by atoms with E-state index in [-0.39, 0.29) is 23.2 Å². The van der Waals surface area contributed by atoms with Crippen LogP contribution in [0.15, 0.2) is 18.2 Å². The highest BCUT2D eigenvalue weighted by atomic mass is 127. The largest absolute Gasteiger partial charge is 0.506 e. The Balaban J connectivity index is 2.83. The number of nitrogens with one attached hydrogen (secondary N) is 1. The molecule has 1 aromatic rings. The Kier molecular flexibility index (Phi) is 6.36. The monoisotopic (exact) mass is 397 g/mol. The van der Waals surface area contributed by atoms with Crippen molar-refractivity contribution < 1.29 is 19.4 Å². The predicted molar refractivity (Wildman–Crippen MR) is 80.3 cm³/mol. The zero-order chi connectivity index (χ0) is 14.4. The Morgan fingerprint density at radius 2 is 2.21 bits per heavy atom. The predicted octanol–water partition coefficient (Wildman–Crippen LogP) is 2.78. The van der Waals surface area contributed by atoms with Crippen molar-refractivity contribution in [3.8, 4) is 5.75 Å². The van der Waals surface area contributed by atoms with E-state index in [2.05, 4.69) is 5.32 Å². The third kappa shape index (κ3) is 4.54. The average molecular weight is 398 g/mol. The second kappa shape index (κ2) is 7.54. The number of carbonyl (C=O) groups excluding carboxylic acids is 2. The zero-order valence-electron chi connectivity index (χ0n) is 10.2. The first-order valence-corrected chi connectivity index (χ1v) is 7.42. The Morgan fingerprint density at radius 1 is 1.53 bits per heavy atom. The quantitative estimate of drug-likeness (QED) is 0.455. The van der Waals surface area contributed by atoms with Crippen molar-refractivity contribution in [1.29, 1.82) is 0 Å². The van der Waals surface area contributed by atoms with Crippen LogP contribution in [0.25, 0.3) is 0 Å². The van der Waals surface area contributed by atoms with E-state index in [1.54, 1.807) is 6.92 Å². The molecule has 0 spiro atoms. The fourth-order valence-corrected chi connectivity index (χ4v) is 2.15. The number of benzene rings is 1. The number of rotatable bonds is 5. The average Bonchev–Trinajstić information content (AvgIpc) is 2.38. The van der Waals surface area contributed by atoms with Crippen LogP contribution in [0.5, 0.6) is 5.75 Å². The maximum Gasteiger partial charge on any atom is 0.407 e. The fraction of sp³-hybridized carbons (Fsp3) is 0.333. The van der Waals surface area contributed by atoms with Crippen LogP contribution in [0.4, 0.5) is 4.79 Å². The standard InChI is InChI=1S/C12H13ClINO4/c1-2-19-12(18)15-9(6-14)11(17)7-3-4-10(16)8(13)5-7/h3-5,9,16H,2,6H2,1H3,(H,15,18). The van der Waals surface area contributed by atoms with E-state index < -0.39 is 12.1 Å². The van der Waals surface area contributed by atoms with Crippen LogP contribution in [0.3, 0.4) is 0 Å². The van der Waals surface area contributed by atoms with E-state index >= 15 is 0 Å². The summed E-state index contributed by atoms with van der Waals surface area (Å²) in [6.45, 7) is 1.92. The van der Waals surface area contributed by atoms with Crippen molar-refractivity contribution in [3.05, 3.63) is 28.8 Å². The van der Waals surface area contributed by atoms with Crippen LogP contribution in [0.2, 0.25) is 5.02 Å². The SMILES string of the molecule is CCOC(=O)NC(CI)C(=O)c1ccc(O)c(Cl)c1. The Hall–Kier alpha value is -1.02. The molecule has 0 aliphatic carbocycles. The summed E-state index contributed by atoms with van der Waals surface area (Å²) in [6, 6.07) is 3.46. The van der Waals surface area contributed by atoms with Crippen molar-refractivity contribution in [3.63, 3.8) is 0 Å². The molecule has 0 fully saturated rings. The molecule has 1 aromatic carbocycles. The van der Waals surface area contributed by atoms with Crippen molar-refractivity contribution in [2.45, 2.75) is 13.0 Å². The maximum absolute atomic E-state index is 12.2. The molecule has 0 heterocycles. The number of hydrogen-bond donors (Lipinski definition) is 2. The van der Waals surface area contributed by atoms with Gasteiger partial charge in [0.1, 0.15) is 11.8 Å². The number of Topliss-reactive ketones (excluding diaryl/α,β-unsaturated/α-hetero) is 1. The van der Waals surface area contributed by atoms with Gasteiger partial charge < -0.3 is 15.2 Å². The summed E-state index contributed by atoms with van der Waals surface area (Å²) < 4.78 is 5.13. The molecule has 19 heavy (non-hydrogen) atoms. The minimum absolute atomic E-state index is 0.0918. The summed E-state index contributed by atoms with van der Waals surface area (Å²) in [5, 5.41) is 11.9. The van der Waals surface area contributed by atoms with Crippen LogP contribution in [-0.4, -0.2) is 34.1 Å². The number of carbonyl (C=O) groups is 2. The molecular weight excluding hydrogens is 384 g/mol. The lowest BCUT2D eigenvalue weighted by atomic mass is 10.1. The second-order valence-corrected chi connectivity index (χ2v) is 4.89. The molecule has 7 heteroatoms. The van der Waals surface area contributed by atoms with Gasteiger partial charge in [0, 0.05) is 9.99 Å². The van der Waals surface area contributed by atoms with Crippen molar-refractivity contribution in [1.82, 2.24) is 5.32 Å². The second-order valence-electron chi connectivity index (χ2n) is 3.60. The molecule has 0 aliphatic heterocycles. The fourth-order valence-electron chi connectivity index (χ4n) is 1.35. The number of phenolic OH excluding ortho intramolecular Hbond substituents is 1. The number of alkyl halides is 1. The zero-order valence-corrected chi connectivity index (χ0v) is 13.1. The molecule has 0 radical (unpaired) electrons. The summed E-state index contributed by atoms with van der Waals surface area (Å²) in [6.07, 6.45) is -0.637. The third-order valence-corrected chi connectivity index (χ3v) is 3.45. The first kappa shape index (κ1) is 16.0. The highest BCUT2D eigenvalue weighted by Crippen LogP contribution is 2.24. The lowest BCUT2D eigenvalue weighted by molar-refractivity contribution is 0.0937. The van der Waals surface area contributed by atoms with Gasteiger partial charge in [0.15, 0.2) is 5.78 Å². The van der Waals surface area contributed by atoms with Gasteiger partial charge in [0.05, 0.1) is 11.6 Å². The molecule has 0 saturated heterocycles. The Morgan fingerprint density at radius 3 is 2.74 bits per heavy atom. The van der Waals surface area contributed by atoms with Crippen LogP contribution in [0.1, 0.15) is 17.3 Å². The highest BCUT2D eigenvalue weighted by Gasteiger charge is 2.22. The van der Waals surface area contributed by atoms with E-state index in [1.165, 1.54) is 18.2 Å². The van der Waals surface area contributed by atoms with Crippen molar-refractivity contribution >= 4 is 46.1 Å². The summed E-state index contributed by atoms with van der Waals surface area (Å²) in [5.74, 6) is -0.382. The van der Waals surface area contributed by atoms with Gasteiger partial charge in [-0.15, -0.1) is 0 Å². The van der Waals surface area contributed by atoms with Gasteiger partial charge in [-0.05, 0) is 25.1 Å². The van der Waals surface area contributed by atoms with Gasteiger partial charge in [-0.25, -0.2) is 4.79 Å². The van der Waals surface area contributed by atoms with Crippen LogP contribution >= 0.6 is 34.2 Å². The lowest BCUT2D eigenvalue weighted by Gasteiger charge is -2.15.